The Morgan fingerprint density at radius 2 is 1.83 bits per heavy atom. The standard InChI is InChI=1S/C19H14N6O5/c1-30-18(27)15-14(17(26)12-7-9-13(10-8-12)25(28)29)16(11-5-3-2-4-6-11)24-19(20-15)21-22-23-24/h2-10,16H,1H3,(H,20,21,23)/t16-/m1/s1. The Morgan fingerprint density at radius 1 is 1.13 bits per heavy atom. The molecule has 150 valence electrons. The SMILES string of the molecule is COC(=O)C1=C(C(=O)c2ccc([N+](=O)[O-])cc2)[C@@H](c2ccccc2)n2nnnc2N1. The summed E-state index contributed by atoms with van der Waals surface area (Å²) >= 11 is 0. The van der Waals surface area contributed by atoms with Crippen LogP contribution < -0.4 is 5.32 Å². The summed E-state index contributed by atoms with van der Waals surface area (Å²) in [6.07, 6.45) is 0. The Morgan fingerprint density at radius 3 is 2.47 bits per heavy atom. The Hall–Kier alpha value is -4.41. The van der Waals surface area contributed by atoms with E-state index in [1.807, 2.05) is 6.07 Å². The number of hydrogen-bond donors (Lipinski definition) is 1. The number of carbonyl (C=O) groups excluding carboxylic acids is 2. The van der Waals surface area contributed by atoms with Crippen molar-refractivity contribution in [3.63, 3.8) is 0 Å². The molecule has 0 saturated carbocycles. The minimum Gasteiger partial charge on any atom is -0.464 e. The fourth-order valence-electron chi connectivity index (χ4n) is 3.22. The first-order chi connectivity index (χ1) is 14.5. The van der Waals surface area contributed by atoms with Crippen LogP contribution in [0.25, 0.3) is 0 Å². The molecular weight excluding hydrogens is 392 g/mol. The number of methoxy groups -OCH3 is 1. The van der Waals surface area contributed by atoms with Crippen molar-refractivity contribution < 1.29 is 19.2 Å². The Balaban J connectivity index is 1.90. The highest BCUT2D eigenvalue weighted by molar-refractivity contribution is 6.15. The second-order valence-electron chi connectivity index (χ2n) is 6.30. The number of nitrogens with zero attached hydrogens (tertiary/aromatic N) is 5. The number of nitrogens with one attached hydrogen (secondary N) is 1. The monoisotopic (exact) mass is 406 g/mol. The van der Waals surface area contributed by atoms with E-state index in [1.165, 1.54) is 36.1 Å². The molecule has 11 heteroatoms. The maximum absolute atomic E-state index is 13.5. The van der Waals surface area contributed by atoms with Gasteiger partial charge in [-0.2, -0.15) is 4.68 Å². The fraction of sp³-hybridized carbons (Fsp3) is 0.105. The number of ether oxygens (including phenoxy) is 1. The maximum atomic E-state index is 13.5. The molecule has 0 unspecified atom stereocenters. The number of tetrazole rings is 1. The first-order valence-electron chi connectivity index (χ1n) is 8.72. The molecule has 0 spiro atoms. The molecule has 0 saturated heterocycles. The van der Waals surface area contributed by atoms with Crippen molar-refractivity contribution in [3.8, 4) is 0 Å². The van der Waals surface area contributed by atoms with Crippen LogP contribution in [0.15, 0.2) is 65.9 Å². The lowest BCUT2D eigenvalue weighted by Gasteiger charge is -2.28. The van der Waals surface area contributed by atoms with E-state index in [4.69, 9.17) is 4.74 Å². The van der Waals surface area contributed by atoms with Crippen LogP contribution in [0.2, 0.25) is 0 Å². The van der Waals surface area contributed by atoms with Gasteiger partial charge in [-0.1, -0.05) is 35.4 Å². The van der Waals surface area contributed by atoms with Gasteiger partial charge in [0.25, 0.3) is 5.69 Å². The number of benzene rings is 2. The van der Waals surface area contributed by atoms with Gasteiger partial charge in [0.15, 0.2) is 5.78 Å². The van der Waals surface area contributed by atoms with Crippen LogP contribution in [0.3, 0.4) is 0 Å². The maximum Gasteiger partial charge on any atom is 0.355 e. The predicted octanol–water partition coefficient (Wildman–Crippen LogP) is 1.91. The van der Waals surface area contributed by atoms with Gasteiger partial charge in [-0.15, -0.1) is 0 Å². The summed E-state index contributed by atoms with van der Waals surface area (Å²) in [4.78, 5) is 36.3. The van der Waals surface area contributed by atoms with Gasteiger partial charge in [-0.05, 0) is 28.1 Å². The molecule has 1 aliphatic rings. The topological polar surface area (TPSA) is 142 Å². The second-order valence-corrected chi connectivity index (χ2v) is 6.30. The summed E-state index contributed by atoms with van der Waals surface area (Å²) in [6.45, 7) is 0. The second kappa shape index (κ2) is 7.54. The van der Waals surface area contributed by atoms with E-state index in [-0.39, 0.29) is 28.5 Å². The van der Waals surface area contributed by atoms with Crippen LogP contribution in [0.4, 0.5) is 11.6 Å². The zero-order valence-electron chi connectivity index (χ0n) is 15.6. The lowest BCUT2D eigenvalue weighted by molar-refractivity contribution is -0.384. The van der Waals surface area contributed by atoms with Crippen molar-refractivity contribution >= 4 is 23.4 Å². The molecule has 0 bridgehead atoms. The predicted molar refractivity (Wildman–Crippen MR) is 102 cm³/mol. The van der Waals surface area contributed by atoms with Crippen LogP contribution in [0.1, 0.15) is 22.0 Å². The van der Waals surface area contributed by atoms with E-state index in [2.05, 4.69) is 20.8 Å². The zero-order valence-corrected chi connectivity index (χ0v) is 15.6. The fourth-order valence-corrected chi connectivity index (χ4v) is 3.22. The van der Waals surface area contributed by atoms with Gasteiger partial charge in [0.1, 0.15) is 11.7 Å². The third kappa shape index (κ3) is 3.17. The van der Waals surface area contributed by atoms with E-state index < -0.39 is 22.7 Å². The largest absolute Gasteiger partial charge is 0.464 e. The van der Waals surface area contributed by atoms with Gasteiger partial charge in [0.05, 0.1) is 17.6 Å². The lowest BCUT2D eigenvalue weighted by atomic mass is 9.89. The van der Waals surface area contributed by atoms with Gasteiger partial charge >= 0.3 is 5.97 Å². The van der Waals surface area contributed by atoms with Crippen LogP contribution in [-0.4, -0.2) is 44.0 Å². The average molecular weight is 406 g/mol. The smallest absolute Gasteiger partial charge is 0.355 e. The molecule has 2 heterocycles. The van der Waals surface area contributed by atoms with Crippen molar-refractivity contribution in [3.05, 3.63) is 87.1 Å². The normalized spacial score (nSPS) is 15.2. The number of fused-ring (bicyclic) bond motifs is 1. The molecule has 4 rings (SSSR count). The highest BCUT2D eigenvalue weighted by Crippen LogP contribution is 2.36. The molecule has 0 radical (unpaired) electrons. The summed E-state index contributed by atoms with van der Waals surface area (Å²) < 4.78 is 6.24. The van der Waals surface area contributed by atoms with Crippen molar-refractivity contribution in [1.82, 2.24) is 20.2 Å². The van der Waals surface area contributed by atoms with Crippen LogP contribution in [-0.2, 0) is 9.53 Å². The van der Waals surface area contributed by atoms with E-state index in [0.29, 0.717) is 5.56 Å². The molecule has 0 aliphatic carbocycles. The number of allylic oxidation sites excluding steroid dienone is 1. The highest BCUT2D eigenvalue weighted by atomic mass is 16.6. The molecule has 0 amide bonds. The van der Waals surface area contributed by atoms with Gasteiger partial charge in [0.2, 0.25) is 5.95 Å². The molecule has 30 heavy (non-hydrogen) atoms. The number of aromatic nitrogens is 4. The number of anilines is 1. The average Bonchev–Trinajstić information content (AvgIpc) is 3.25. The van der Waals surface area contributed by atoms with E-state index >= 15 is 0 Å². The summed E-state index contributed by atoms with van der Waals surface area (Å²) in [5, 5.41) is 25.1. The van der Waals surface area contributed by atoms with Crippen molar-refractivity contribution in [2.75, 3.05) is 12.4 Å². The third-order valence-electron chi connectivity index (χ3n) is 4.61. The number of carbonyl (C=O) groups is 2. The minimum atomic E-state index is -0.811. The number of esters is 1. The summed E-state index contributed by atoms with van der Waals surface area (Å²) in [5.74, 6) is -1.12. The first kappa shape index (κ1) is 18.9. The number of nitro groups is 1. The molecular formula is C19H14N6O5. The minimum absolute atomic E-state index is 0.0571. The van der Waals surface area contributed by atoms with Gasteiger partial charge in [0, 0.05) is 17.7 Å². The van der Waals surface area contributed by atoms with Crippen LogP contribution >= 0.6 is 0 Å². The summed E-state index contributed by atoms with van der Waals surface area (Å²) in [5.41, 5.74) is 0.632. The molecule has 3 aromatic rings. The number of hydrogen-bond acceptors (Lipinski definition) is 9. The molecule has 2 aromatic carbocycles. The van der Waals surface area contributed by atoms with Crippen LogP contribution in [0, 0.1) is 10.1 Å². The van der Waals surface area contributed by atoms with Crippen molar-refractivity contribution in [2.24, 2.45) is 0 Å². The molecule has 1 aliphatic heterocycles. The van der Waals surface area contributed by atoms with Gasteiger partial charge in [-0.3, -0.25) is 14.9 Å². The molecule has 11 nitrogen and oxygen atoms in total. The molecule has 1 aromatic heterocycles. The number of nitro benzene ring substituents is 1. The van der Waals surface area contributed by atoms with Crippen molar-refractivity contribution in [1.29, 1.82) is 0 Å². The van der Waals surface area contributed by atoms with E-state index in [1.54, 1.807) is 24.3 Å². The van der Waals surface area contributed by atoms with E-state index in [9.17, 15) is 19.7 Å². The highest BCUT2D eigenvalue weighted by Gasteiger charge is 2.38. The number of rotatable bonds is 5. The van der Waals surface area contributed by atoms with Gasteiger partial charge in [-0.25, -0.2) is 4.79 Å². The molecule has 1 N–H and O–H groups in total. The lowest BCUT2D eigenvalue weighted by Crippen LogP contribution is -2.32. The Bertz CT molecular complexity index is 1170. The van der Waals surface area contributed by atoms with E-state index in [0.717, 1.165) is 0 Å². The number of ketones is 1. The third-order valence-corrected chi connectivity index (χ3v) is 4.61. The van der Waals surface area contributed by atoms with Crippen molar-refractivity contribution in [2.45, 2.75) is 6.04 Å². The molecule has 1 atom stereocenters. The number of Topliss-reactive ketones (excluding diaryl/α,β-unsaturated/α-hetero) is 1. The first-order valence-corrected chi connectivity index (χ1v) is 8.72. The number of non-ortho nitro benzene ring substituents is 1. The van der Waals surface area contributed by atoms with Crippen LogP contribution in [0.5, 0.6) is 0 Å². The van der Waals surface area contributed by atoms with Gasteiger partial charge < -0.3 is 10.1 Å². The summed E-state index contributed by atoms with van der Waals surface area (Å²) in [6, 6.07) is 13.2. The molecule has 0 fully saturated rings. The summed E-state index contributed by atoms with van der Waals surface area (Å²) in [7, 11) is 1.19. The zero-order chi connectivity index (χ0) is 21.3. The Labute approximate surface area is 169 Å². The quantitative estimate of drug-likeness (QED) is 0.291. The Kier molecular flexibility index (Phi) is 4.76.